The summed E-state index contributed by atoms with van der Waals surface area (Å²) in [4.78, 5) is 16.7. The number of hydrogen-bond donors (Lipinski definition) is 1. The zero-order valence-electron chi connectivity index (χ0n) is 15.4. The average Bonchev–Trinajstić information content (AvgIpc) is 3.06. The molecular formula is C18H23FN4O3. The number of hydrogen-bond acceptors (Lipinski definition) is 6. The van der Waals surface area contributed by atoms with Gasteiger partial charge in [-0.25, -0.2) is 4.39 Å². The minimum Gasteiger partial charge on any atom is -0.494 e. The molecule has 1 aromatic carbocycles. The highest BCUT2D eigenvalue weighted by atomic mass is 19.1. The summed E-state index contributed by atoms with van der Waals surface area (Å²) in [7, 11) is 4.98. The maximum Gasteiger partial charge on any atom is 0.261 e. The van der Waals surface area contributed by atoms with Gasteiger partial charge in [-0.15, -0.1) is 0 Å². The second kappa shape index (κ2) is 7.33. The van der Waals surface area contributed by atoms with Gasteiger partial charge in [-0.3, -0.25) is 4.79 Å². The number of carbonyl (C=O) groups is 1. The van der Waals surface area contributed by atoms with Crippen LogP contribution in [0.2, 0.25) is 0 Å². The molecule has 0 saturated carbocycles. The first-order valence-electron chi connectivity index (χ1n) is 8.46. The number of piperazine rings is 1. The summed E-state index contributed by atoms with van der Waals surface area (Å²) in [5, 5.41) is 7.37. The number of ether oxygens (including phenoxy) is 1. The Hall–Kier alpha value is -2.61. The lowest BCUT2D eigenvalue weighted by molar-refractivity contribution is 0.0710. The van der Waals surface area contributed by atoms with E-state index in [-0.39, 0.29) is 17.7 Å². The van der Waals surface area contributed by atoms with Gasteiger partial charge in [0.25, 0.3) is 5.91 Å². The third kappa shape index (κ3) is 3.37. The van der Waals surface area contributed by atoms with E-state index in [9.17, 15) is 9.18 Å². The lowest BCUT2D eigenvalue weighted by Gasteiger charge is -2.32. The molecule has 3 rings (SSSR count). The number of amides is 1. The van der Waals surface area contributed by atoms with Crippen LogP contribution in [0.1, 0.15) is 17.3 Å². The molecule has 1 amide bonds. The van der Waals surface area contributed by atoms with Crippen molar-refractivity contribution in [2.24, 2.45) is 0 Å². The number of benzene rings is 1. The molecule has 1 atom stereocenters. The molecule has 0 radical (unpaired) electrons. The van der Waals surface area contributed by atoms with Crippen molar-refractivity contribution in [3.05, 3.63) is 29.6 Å². The number of nitrogens with zero attached hydrogens (tertiary/aromatic N) is 3. The molecule has 0 spiro atoms. The van der Waals surface area contributed by atoms with Gasteiger partial charge in [0.05, 0.1) is 7.11 Å². The normalized spacial score (nSPS) is 17.3. The molecule has 0 aliphatic carbocycles. The Balaban J connectivity index is 2.06. The maximum atomic E-state index is 13.8. The van der Waals surface area contributed by atoms with Crippen LogP contribution in [0.3, 0.4) is 0 Å². The Morgan fingerprint density at radius 3 is 2.88 bits per heavy atom. The molecular weight excluding hydrogens is 339 g/mol. The zero-order valence-corrected chi connectivity index (χ0v) is 15.4. The minimum atomic E-state index is -0.479. The summed E-state index contributed by atoms with van der Waals surface area (Å²) < 4.78 is 24.3. The van der Waals surface area contributed by atoms with Crippen LogP contribution in [0.5, 0.6) is 5.75 Å². The van der Waals surface area contributed by atoms with Crippen LogP contribution >= 0.6 is 0 Å². The number of nitrogens with one attached hydrogen (secondary N) is 1. The number of carbonyl (C=O) groups excluding carboxylic acids is 1. The number of aromatic nitrogens is 1. The second-order valence-corrected chi connectivity index (χ2v) is 6.56. The predicted molar refractivity (Wildman–Crippen MR) is 96.1 cm³/mol. The molecule has 8 heteroatoms. The van der Waals surface area contributed by atoms with Gasteiger partial charge in [0.1, 0.15) is 5.56 Å². The highest BCUT2D eigenvalue weighted by molar-refractivity contribution is 6.04. The van der Waals surface area contributed by atoms with Gasteiger partial charge in [-0.05, 0) is 25.1 Å². The lowest BCUT2D eigenvalue weighted by atomic mass is 10.1. The minimum absolute atomic E-state index is 0.0829. The second-order valence-electron chi connectivity index (χ2n) is 6.56. The van der Waals surface area contributed by atoms with Gasteiger partial charge < -0.3 is 24.4 Å². The molecule has 2 aromatic rings. The highest BCUT2D eigenvalue weighted by Crippen LogP contribution is 2.34. The lowest BCUT2D eigenvalue weighted by Crippen LogP contribution is -2.51. The van der Waals surface area contributed by atoms with E-state index in [0.29, 0.717) is 35.8 Å². The van der Waals surface area contributed by atoms with Gasteiger partial charge in [0, 0.05) is 45.3 Å². The molecule has 1 N–H and O–H groups in total. The fourth-order valence-electron chi connectivity index (χ4n) is 3.05. The van der Waals surface area contributed by atoms with E-state index < -0.39 is 5.82 Å². The van der Waals surface area contributed by atoms with Crippen LogP contribution in [0.4, 0.5) is 10.2 Å². The number of anilines is 1. The molecule has 140 valence electrons. The Kier molecular flexibility index (Phi) is 5.13. The first kappa shape index (κ1) is 18.2. The van der Waals surface area contributed by atoms with E-state index in [1.807, 2.05) is 6.92 Å². The molecule has 0 unspecified atom stereocenters. The molecule has 1 aromatic heterocycles. The molecule has 26 heavy (non-hydrogen) atoms. The van der Waals surface area contributed by atoms with E-state index in [0.717, 1.165) is 6.54 Å². The summed E-state index contributed by atoms with van der Waals surface area (Å²) in [6.45, 7) is 3.97. The van der Waals surface area contributed by atoms with Crippen molar-refractivity contribution in [3.8, 4) is 17.1 Å². The van der Waals surface area contributed by atoms with Crippen molar-refractivity contribution in [1.82, 2.24) is 15.4 Å². The number of methoxy groups -OCH3 is 1. The van der Waals surface area contributed by atoms with E-state index in [4.69, 9.17) is 9.26 Å². The highest BCUT2D eigenvalue weighted by Gasteiger charge is 2.31. The van der Waals surface area contributed by atoms with Crippen LogP contribution in [0.25, 0.3) is 11.3 Å². The van der Waals surface area contributed by atoms with Gasteiger partial charge >= 0.3 is 0 Å². The Labute approximate surface area is 151 Å². The largest absolute Gasteiger partial charge is 0.494 e. The SMILES string of the molecule is COc1cc(-c2onc(N(C)C)c2C(=O)N2CCN[C@H](C)C2)ccc1F. The third-order valence-electron chi connectivity index (χ3n) is 4.38. The average molecular weight is 362 g/mol. The predicted octanol–water partition coefficient (Wildman–Crippen LogP) is 1.99. The van der Waals surface area contributed by atoms with Gasteiger partial charge in [-0.1, -0.05) is 5.16 Å². The Morgan fingerprint density at radius 2 is 2.23 bits per heavy atom. The summed E-state index contributed by atoms with van der Waals surface area (Å²) >= 11 is 0. The van der Waals surface area contributed by atoms with Crippen molar-refractivity contribution in [3.63, 3.8) is 0 Å². The summed E-state index contributed by atoms with van der Waals surface area (Å²) in [6.07, 6.45) is 0. The van der Waals surface area contributed by atoms with Gasteiger partial charge in [-0.2, -0.15) is 0 Å². The fraction of sp³-hybridized carbons (Fsp3) is 0.444. The molecule has 7 nitrogen and oxygen atoms in total. The van der Waals surface area contributed by atoms with Crippen molar-refractivity contribution in [2.75, 3.05) is 45.7 Å². The van der Waals surface area contributed by atoms with E-state index in [1.165, 1.54) is 19.2 Å². The van der Waals surface area contributed by atoms with Crippen LogP contribution in [-0.4, -0.2) is 62.8 Å². The Morgan fingerprint density at radius 1 is 1.46 bits per heavy atom. The molecule has 2 heterocycles. The fourth-order valence-corrected chi connectivity index (χ4v) is 3.05. The maximum absolute atomic E-state index is 13.8. The Bertz CT molecular complexity index is 806. The molecule has 0 bridgehead atoms. The standard InChI is InChI=1S/C18H23FN4O3/c1-11-10-23(8-7-20-11)18(24)15-16(26-21-17(15)22(2)3)12-5-6-13(19)14(9-12)25-4/h5-6,9,11,20H,7-8,10H2,1-4H3/t11-/m1/s1. The summed E-state index contributed by atoms with van der Waals surface area (Å²) in [5.74, 6) is 0.205. The molecule has 1 aliphatic heterocycles. The van der Waals surface area contributed by atoms with Crippen molar-refractivity contribution >= 4 is 11.7 Å². The first-order valence-corrected chi connectivity index (χ1v) is 8.46. The van der Waals surface area contributed by atoms with Crippen LogP contribution in [0.15, 0.2) is 22.7 Å². The molecule has 1 saturated heterocycles. The smallest absolute Gasteiger partial charge is 0.261 e. The monoisotopic (exact) mass is 362 g/mol. The van der Waals surface area contributed by atoms with Crippen LogP contribution in [0, 0.1) is 5.82 Å². The van der Waals surface area contributed by atoms with Gasteiger partial charge in [0.15, 0.2) is 23.1 Å². The van der Waals surface area contributed by atoms with Crippen molar-refractivity contribution in [2.45, 2.75) is 13.0 Å². The van der Waals surface area contributed by atoms with Crippen molar-refractivity contribution < 1.29 is 18.4 Å². The quantitative estimate of drug-likeness (QED) is 0.897. The molecule has 1 aliphatic rings. The number of rotatable bonds is 4. The first-order chi connectivity index (χ1) is 12.4. The zero-order chi connectivity index (χ0) is 18.8. The van der Waals surface area contributed by atoms with Crippen molar-refractivity contribution in [1.29, 1.82) is 0 Å². The van der Waals surface area contributed by atoms with Gasteiger partial charge in [0.2, 0.25) is 0 Å². The summed E-state index contributed by atoms with van der Waals surface area (Å²) in [5.41, 5.74) is 0.910. The van der Waals surface area contributed by atoms with E-state index >= 15 is 0 Å². The van der Waals surface area contributed by atoms with E-state index in [2.05, 4.69) is 10.5 Å². The molecule has 1 fully saturated rings. The third-order valence-corrected chi connectivity index (χ3v) is 4.38. The van der Waals surface area contributed by atoms with Crippen LogP contribution in [-0.2, 0) is 0 Å². The topological polar surface area (TPSA) is 70.8 Å². The summed E-state index contributed by atoms with van der Waals surface area (Å²) in [6, 6.07) is 4.55. The van der Waals surface area contributed by atoms with Crippen LogP contribution < -0.4 is 15.0 Å². The number of halogens is 1. The van der Waals surface area contributed by atoms with E-state index in [1.54, 1.807) is 30.0 Å².